The number of carbonyl (C=O) groups excluding carboxylic acids is 1. The van der Waals surface area contributed by atoms with Gasteiger partial charge in [0.15, 0.2) is 12.3 Å². The van der Waals surface area contributed by atoms with Crippen molar-refractivity contribution in [3.8, 4) is 0 Å². The molecule has 0 atom stereocenters. The van der Waals surface area contributed by atoms with Crippen molar-refractivity contribution in [3.63, 3.8) is 0 Å². The lowest BCUT2D eigenvalue weighted by Gasteiger charge is -2.04. The fourth-order valence-electron chi connectivity index (χ4n) is 2.68. The summed E-state index contributed by atoms with van der Waals surface area (Å²) in [6.45, 7) is -0.171. The van der Waals surface area contributed by atoms with Crippen LogP contribution < -0.4 is 10.7 Å². The number of nitrogens with zero attached hydrogens (tertiary/aromatic N) is 4. The lowest BCUT2D eigenvalue weighted by atomic mass is 10.1. The Morgan fingerprint density at radius 3 is 3.07 bits per heavy atom. The maximum Gasteiger partial charge on any atom is 0.227 e. The topological polar surface area (TPSA) is 104 Å². The Kier molecular flexibility index (Phi) is 6.74. The first-order valence-corrected chi connectivity index (χ1v) is 9.66. The Bertz CT molecular complexity index is 1030. The number of anilines is 1. The van der Waals surface area contributed by atoms with Crippen molar-refractivity contribution in [1.82, 2.24) is 19.6 Å². The van der Waals surface area contributed by atoms with Crippen molar-refractivity contribution in [2.24, 2.45) is 5.10 Å². The molecule has 2 aromatic heterocycles. The molecule has 146 valence electrons. The molecule has 0 fully saturated rings. The lowest BCUT2D eigenvalue weighted by molar-refractivity contribution is -0.109. The summed E-state index contributed by atoms with van der Waals surface area (Å²) in [6, 6.07) is 5.59. The van der Waals surface area contributed by atoms with Crippen LogP contribution in [-0.2, 0) is 17.8 Å². The average Bonchev–Trinajstić information content (AvgIpc) is 3.34. The van der Waals surface area contributed by atoms with E-state index in [9.17, 15) is 13.8 Å². The summed E-state index contributed by atoms with van der Waals surface area (Å²) >= 11 is 1.38. The summed E-state index contributed by atoms with van der Waals surface area (Å²) in [7, 11) is 1.74. The van der Waals surface area contributed by atoms with Crippen molar-refractivity contribution >= 4 is 58.6 Å². The van der Waals surface area contributed by atoms with E-state index in [4.69, 9.17) is 0 Å². The third kappa shape index (κ3) is 4.21. The summed E-state index contributed by atoms with van der Waals surface area (Å²) < 4.78 is 14.2. The van der Waals surface area contributed by atoms with Crippen LogP contribution in [0.3, 0.4) is 0 Å². The number of thiazole rings is 1. The minimum absolute atomic E-state index is 0.0478. The van der Waals surface area contributed by atoms with E-state index in [1.807, 2.05) is 18.2 Å². The van der Waals surface area contributed by atoms with E-state index < -0.39 is 0 Å². The van der Waals surface area contributed by atoms with Crippen LogP contribution in [-0.4, -0.2) is 38.9 Å². The third-order valence-electron chi connectivity index (χ3n) is 3.92. The molecule has 0 bridgehead atoms. The molecule has 28 heavy (non-hydrogen) atoms. The van der Waals surface area contributed by atoms with Gasteiger partial charge in [-0.15, -0.1) is 15.2 Å². The highest BCUT2D eigenvalue weighted by Gasteiger charge is 2.14. The number of aliphatic hydroxyl groups is 1. The van der Waals surface area contributed by atoms with Gasteiger partial charge in [0.05, 0.1) is 29.4 Å². The van der Waals surface area contributed by atoms with Gasteiger partial charge in [0.1, 0.15) is 10.8 Å². The van der Waals surface area contributed by atoms with Gasteiger partial charge in [0.25, 0.3) is 0 Å². The number of benzene rings is 1. The molecule has 0 saturated carbocycles. The van der Waals surface area contributed by atoms with Crippen LogP contribution in [0.25, 0.3) is 16.5 Å². The maximum absolute atomic E-state index is 13.0. The number of hydrogen-bond donors (Lipinski definition) is 3. The third-order valence-corrected chi connectivity index (χ3v) is 5.43. The van der Waals surface area contributed by atoms with Gasteiger partial charge < -0.3 is 10.4 Å². The number of halogens is 1. The number of hydrazone groups is 1. The van der Waals surface area contributed by atoms with Gasteiger partial charge in [-0.25, -0.2) is 10.4 Å². The smallest absolute Gasteiger partial charge is 0.227 e. The molecule has 8 nitrogen and oxygen atoms in total. The fourth-order valence-corrected chi connectivity index (χ4v) is 3.93. The SMILES string of the molecule is CNc1nc(CO)sc1C(/C=N\NC=O)=C/Cc1cccc2c1cnn2SF. The first-order chi connectivity index (χ1) is 13.7. The number of amides is 1. The lowest BCUT2D eigenvalue weighted by Crippen LogP contribution is -2.02. The van der Waals surface area contributed by atoms with E-state index in [0.29, 0.717) is 29.2 Å². The van der Waals surface area contributed by atoms with E-state index in [-0.39, 0.29) is 18.9 Å². The number of rotatable bonds is 9. The van der Waals surface area contributed by atoms with Crippen LogP contribution >= 0.6 is 23.7 Å². The Hall–Kier alpha value is -2.76. The molecule has 0 saturated heterocycles. The Morgan fingerprint density at radius 2 is 2.36 bits per heavy atom. The maximum atomic E-state index is 13.0. The Labute approximate surface area is 168 Å². The van der Waals surface area contributed by atoms with Gasteiger partial charge >= 0.3 is 0 Å². The van der Waals surface area contributed by atoms with E-state index in [1.54, 1.807) is 19.3 Å². The van der Waals surface area contributed by atoms with Gasteiger partial charge in [-0.1, -0.05) is 18.2 Å². The summed E-state index contributed by atoms with van der Waals surface area (Å²) in [5.41, 5.74) is 4.62. The molecule has 0 radical (unpaired) electrons. The predicted octanol–water partition coefficient (Wildman–Crippen LogP) is 2.77. The molecule has 1 amide bonds. The van der Waals surface area contributed by atoms with E-state index in [0.717, 1.165) is 21.4 Å². The molecule has 3 N–H and O–H groups in total. The van der Waals surface area contributed by atoms with Crippen LogP contribution in [0.2, 0.25) is 0 Å². The molecule has 1 aromatic carbocycles. The first-order valence-electron chi connectivity index (χ1n) is 8.17. The Morgan fingerprint density at radius 1 is 1.50 bits per heavy atom. The van der Waals surface area contributed by atoms with Crippen LogP contribution in [0, 0.1) is 0 Å². The molecule has 11 heteroatoms. The number of carbonyl (C=O) groups is 1. The van der Waals surface area contributed by atoms with Crippen molar-refractivity contribution in [2.75, 3.05) is 12.4 Å². The van der Waals surface area contributed by atoms with Crippen molar-refractivity contribution in [3.05, 3.63) is 45.9 Å². The molecular formula is C17H17FN6O2S2. The second-order valence-electron chi connectivity index (χ2n) is 5.50. The van der Waals surface area contributed by atoms with Crippen LogP contribution in [0.4, 0.5) is 9.70 Å². The van der Waals surface area contributed by atoms with E-state index in [2.05, 4.69) is 25.9 Å². The van der Waals surface area contributed by atoms with Gasteiger partial charge in [-0.3, -0.25) is 4.79 Å². The van der Waals surface area contributed by atoms with Crippen LogP contribution in [0.1, 0.15) is 15.4 Å². The second kappa shape index (κ2) is 9.44. The monoisotopic (exact) mass is 420 g/mol. The number of aliphatic hydroxyl groups excluding tert-OH is 1. The molecular weight excluding hydrogens is 403 g/mol. The minimum Gasteiger partial charge on any atom is -0.389 e. The summed E-state index contributed by atoms with van der Waals surface area (Å²) in [5, 5.41) is 21.7. The second-order valence-corrected chi connectivity index (χ2v) is 7.07. The largest absolute Gasteiger partial charge is 0.389 e. The highest BCUT2D eigenvalue weighted by Crippen LogP contribution is 2.30. The minimum atomic E-state index is -0.171. The molecule has 3 rings (SSSR count). The van der Waals surface area contributed by atoms with Gasteiger partial charge in [-0.2, -0.15) is 14.3 Å². The number of aromatic nitrogens is 3. The zero-order valence-corrected chi connectivity index (χ0v) is 16.4. The Balaban J connectivity index is 1.99. The van der Waals surface area contributed by atoms with Gasteiger partial charge in [0.2, 0.25) is 6.41 Å². The van der Waals surface area contributed by atoms with Crippen molar-refractivity contribution < 1.29 is 13.8 Å². The first kappa shape index (κ1) is 20.0. The summed E-state index contributed by atoms with van der Waals surface area (Å²) in [4.78, 5) is 15.6. The summed E-state index contributed by atoms with van der Waals surface area (Å²) in [5.74, 6) is 0.609. The van der Waals surface area contributed by atoms with Crippen molar-refractivity contribution in [1.29, 1.82) is 0 Å². The zero-order chi connectivity index (χ0) is 19.9. The molecule has 0 aliphatic rings. The highest BCUT2D eigenvalue weighted by molar-refractivity contribution is 7.92. The number of hydrogen-bond acceptors (Lipinski definition) is 8. The van der Waals surface area contributed by atoms with Crippen molar-refractivity contribution in [2.45, 2.75) is 13.0 Å². The quantitative estimate of drug-likeness (QED) is 0.279. The molecule has 0 aliphatic heterocycles. The predicted molar refractivity (Wildman–Crippen MR) is 111 cm³/mol. The van der Waals surface area contributed by atoms with Gasteiger partial charge in [0, 0.05) is 18.0 Å². The summed E-state index contributed by atoms with van der Waals surface area (Å²) in [6.07, 6.45) is 6.08. The van der Waals surface area contributed by atoms with E-state index in [1.165, 1.54) is 21.6 Å². The normalized spacial score (nSPS) is 12.0. The zero-order valence-electron chi connectivity index (χ0n) is 14.8. The number of nitrogens with one attached hydrogen (secondary N) is 2. The molecule has 0 unspecified atom stereocenters. The molecule has 2 heterocycles. The van der Waals surface area contributed by atoms with Crippen LogP contribution in [0.5, 0.6) is 0 Å². The van der Waals surface area contributed by atoms with Gasteiger partial charge in [-0.05, 0) is 18.1 Å². The number of allylic oxidation sites excluding steroid dienone is 2. The standard InChI is InChI=1S/C17H17FN6O2S2/c1-19-17-16(27-15(9-25)23-17)12(7-20-21-10-26)6-5-11-3-2-4-14-13(11)8-22-24(14)28-18/h2-4,6-8,10,19,25H,5,9H2,1H3,(H,21,26)/b12-6+,20-7-. The van der Waals surface area contributed by atoms with Crippen LogP contribution in [0.15, 0.2) is 35.6 Å². The van der Waals surface area contributed by atoms with E-state index >= 15 is 0 Å². The average molecular weight is 420 g/mol. The molecule has 0 spiro atoms. The number of fused-ring (bicyclic) bond motifs is 1. The fraction of sp³-hybridized carbons (Fsp3) is 0.176. The molecule has 0 aliphatic carbocycles. The molecule has 3 aromatic rings. The highest BCUT2D eigenvalue weighted by atomic mass is 32.2.